The van der Waals surface area contributed by atoms with Gasteiger partial charge in [-0.15, -0.1) is 0 Å². The van der Waals surface area contributed by atoms with Crippen molar-refractivity contribution in [1.29, 1.82) is 0 Å². The molecular weight excluding hydrogens is 485 g/mol. The lowest BCUT2D eigenvalue weighted by atomic mass is 9.57. The van der Waals surface area contributed by atoms with Crippen molar-refractivity contribution in [2.24, 2.45) is 17.6 Å². The third kappa shape index (κ3) is 3.33. The van der Waals surface area contributed by atoms with E-state index in [1.165, 1.54) is 36.4 Å². The Kier molecular flexibility index (Phi) is 5.36. The Balaban J connectivity index is 1.83. The monoisotopic (exact) mass is 507 g/mol. The summed E-state index contributed by atoms with van der Waals surface area (Å²) in [6.07, 6.45) is -0.874. The average molecular weight is 507 g/mol. The van der Waals surface area contributed by atoms with Crippen LogP contribution in [-0.4, -0.2) is 54.7 Å². The summed E-state index contributed by atoms with van der Waals surface area (Å²) in [4.78, 5) is 38.5. The number of aryl methyl sites for hydroxylation is 1. The number of aromatic hydroxyl groups is 1. The molecule has 0 radical (unpaired) electrons. The Labute approximate surface area is 209 Å². The Morgan fingerprint density at radius 1 is 1.16 bits per heavy atom. The fourth-order valence-electron chi connectivity index (χ4n) is 5.71. The Bertz CT molecular complexity index is 1500. The summed E-state index contributed by atoms with van der Waals surface area (Å²) in [7, 11) is 0. The number of rotatable bonds is 2. The van der Waals surface area contributed by atoms with Crippen LogP contribution in [0.15, 0.2) is 59.1 Å². The molecule has 0 aromatic heterocycles. The molecule has 4 unspecified atom stereocenters. The number of fused-ring (bicyclic) bond motifs is 3. The van der Waals surface area contributed by atoms with Crippen molar-refractivity contribution in [3.63, 3.8) is 0 Å². The molecule has 2 aromatic rings. The van der Waals surface area contributed by atoms with Crippen molar-refractivity contribution >= 4 is 29.1 Å². The predicted molar refractivity (Wildman–Crippen MR) is 128 cm³/mol. The topological polar surface area (TPSA) is 178 Å². The van der Waals surface area contributed by atoms with Crippen molar-refractivity contribution < 1.29 is 44.3 Å². The summed E-state index contributed by atoms with van der Waals surface area (Å²) >= 11 is 0. The van der Waals surface area contributed by atoms with Crippen molar-refractivity contribution in [3.05, 3.63) is 87.1 Å². The molecule has 5 rings (SSSR count). The lowest BCUT2D eigenvalue weighted by Gasteiger charge is -2.49. The number of phenolic OH excluding ortho intramolecular Hbond substituents is 1. The Hall–Kier alpha value is -4.28. The van der Waals surface area contributed by atoms with E-state index in [9.17, 15) is 44.3 Å². The van der Waals surface area contributed by atoms with Gasteiger partial charge in [0.15, 0.2) is 11.4 Å². The highest BCUT2D eigenvalue weighted by atomic mass is 19.1. The number of phenols is 1. The number of ketones is 2. The van der Waals surface area contributed by atoms with Gasteiger partial charge in [-0.2, -0.15) is 0 Å². The van der Waals surface area contributed by atoms with Crippen LogP contribution < -0.4 is 5.73 Å². The van der Waals surface area contributed by atoms with E-state index in [0.29, 0.717) is 11.1 Å². The van der Waals surface area contributed by atoms with E-state index in [4.69, 9.17) is 5.73 Å². The molecule has 10 heteroatoms. The molecular formula is C27H22FNO8. The van der Waals surface area contributed by atoms with Crippen molar-refractivity contribution in [2.75, 3.05) is 0 Å². The molecule has 37 heavy (non-hydrogen) atoms. The standard InChI is InChI=1S/C27H22FNO8/c1-10-5-11(7-12(28)6-10)8-14-13-3-2-4-16(30)18(13)23(33)21-19(14)22(32)15-9-17(31)20(26(29)36)24(34)27(15,37)25(21)35/h2-8,15,19,22,30-32,35,37H,9H2,1H3,(H2,29,36)/b14-8+. The van der Waals surface area contributed by atoms with Crippen molar-refractivity contribution in [1.82, 2.24) is 0 Å². The predicted octanol–water partition coefficient (Wildman–Crippen LogP) is 2.00. The van der Waals surface area contributed by atoms with Crippen LogP contribution in [0.1, 0.15) is 33.5 Å². The number of primary amides is 1. The zero-order chi connectivity index (χ0) is 27.0. The first kappa shape index (κ1) is 24.4. The number of halogens is 1. The highest BCUT2D eigenvalue weighted by Crippen LogP contribution is 2.55. The van der Waals surface area contributed by atoms with Crippen LogP contribution in [0.5, 0.6) is 5.75 Å². The molecule has 0 saturated carbocycles. The lowest BCUT2D eigenvalue weighted by molar-refractivity contribution is -0.152. The first-order valence-electron chi connectivity index (χ1n) is 11.3. The molecule has 2 aromatic carbocycles. The van der Waals surface area contributed by atoms with Crippen LogP contribution >= 0.6 is 0 Å². The van der Waals surface area contributed by atoms with E-state index >= 15 is 0 Å². The lowest BCUT2D eigenvalue weighted by Crippen LogP contribution is -2.62. The van der Waals surface area contributed by atoms with E-state index in [0.717, 1.165) is 0 Å². The smallest absolute Gasteiger partial charge is 0.255 e. The number of aliphatic hydroxyl groups excluding tert-OH is 3. The summed E-state index contributed by atoms with van der Waals surface area (Å²) in [5.74, 6) is -9.58. The zero-order valence-corrected chi connectivity index (χ0v) is 19.4. The van der Waals surface area contributed by atoms with E-state index in [1.807, 2.05) is 0 Å². The first-order chi connectivity index (χ1) is 17.4. The van der Waals surface area contributed by atoms with Crippen molar-refractivity contribution in [2.45, 2.75) is 25.0 Å². The minimum Gasteiger partial charge on any atom is -0.511 e. The van der Waals surface area contributed by atoms with Gasteiger partial charge in [0.2, 0.25) is 5.78 Å². The maximum absolute atomic E-state index is 14.2. The normalized spacial score (nSPS) is 28.2. The fraction of sp³-hybridized carbons (Fsp3) is 0.222. The van der Waals surface area contributed by atoms with E-state index in [2.05, 4.69) is 0 Å². The molecule has 0 fully saturated rings. The van der Waals surface area contributed by atoms with Gasteiger partial charge >= 0.3 is 0 Å². The molecule has 3 aliphatic rings. The van der Waals surface area contributed by atoms with Gasteiger partial charge in [-0.3, -0.25) is 14.4 Å². The number of nitrogens with two attached hydrogens (primary N) is 1. The molecule has 4 atom stereocenters. The number of benzene rings is 2. The Morgan fingerprint density at radius 2 is 1.86 bits per heavy atom. The second kappa shape index (κ2) is 8.12. The average Bonchev–Trinajstić information content (AvgIpc) is 2.80. The Morgan fingerprint density at radius 3 is 2.51 bits per heavy atom. The number of carbonyl (C=O) groups excluding carboxylic acids is 3. The van der Waals surface area contributed by atoms with Gasteiger partial charge in [0.05, 0.1) is 17.2 Å². The third-order valence-electron chi connectivity index (χ3n) is 7.29. The first-order valence-corrected chi connectivity index (χ1v) is 11.3. The molecule has 0 bridgehead atoms. The van der Waals surface area contributed by atoms with E-state index < -0.39 is 81.7 Å². The maximum Gasteiger partial charge on any atom is 0.255 e. The van der Waals surface area contributed by atoms with Gasteiger partial charge in [-0.1, -0.05) is 24.3 Å². The van der Waals surface area contributed by atoms with Gasteiger partial charge in [-0.25, -0.2) is 4.39 Å². The minimum atomic E-state index is -2.94. The molecule has 0 heterocycles. The number of allylic oxidation sites excluding steroid dienone is 1. The molecule has 0 saturated heterocycles. The molecule has 3 aliphatic carbocycles. The molecule has 0 aliphatic heterocycles. The second-order valence-corrected chi connectivity index (χ2v) is 9.51. The van der Waals surface area contributed by atoms with Gasteiger partial charge in [0.1, 0.15) is 28.7 Å². The maximum atomic E-state index is 14.2. The molecule has 190 valence electrons. The molecule has 1 amide bonds. The summed E-state index contributed by atoms with van der Waals surface area (Å²) in [6, 6.07) is 8.35. The number of carbonyl (C=O) groups is 3. The molecule has 7 N–H and O–H groups in total. The molecule has 0 spiro atoms. The number of Topliss-reactive ketones (excluding diaryl/α,β-unsaturated/α-hetero) is 2. The summed E-state index contributed by atoms with van der Waals surface area (Å²) in [5.41, 5.74) is 1.79. The largest absolute Gasteiger partial charge is 0.511 e. The van der Waals surface area contributed by atoms with Crippen LogP contribution in [0.2, 0.25) is 0 Å². The van der Waals surface area contributed by atoms with Crippen LogP contribution in [0, 0.1) is 24.6 Å². The van der Waals surface area contributed by atoms with Crippen LogP contribution in [0.3, 0.4) is 0 Å². The highest BCUT2D eigenvalue weighted by molar-refractivity contribution is 6.25. The van der Waals surface area contributed by atoms with Crippen molar-refractivity contribution in [3.8, 4) is 5.75 Å². The molecule has 9 nitrogen and oxygen atoms in total. The number of hydrogen-bond donors (Lipinski definition) is 6. The number of aliphatic hydroxyl groups is 4. The zero-order valence-electron chi connectivity index (χ0n) is 19.4. The third-order valence-corrected chi connectivity index (χ3v) is 7.29. The van der Waals surface area contributed by atoms with Gasteiger partial charge in [0.25, 0.3) is 5.91 Å². The van der Waals surface area contributed by atoms with Gasteiger partial charge in [-0.05, 0) is 47.4 Å². The fourth-order valence-corrected chi connectivity index (χ4v) is 5.71. The highest BCUT2D eigenvalue weighted by Gasteiger charge is 2.63. The summed E-state index contributed by atoms with van der Waals surface area (Å²) in [5, 5.41) is 55.0. The van der Waals surface area contributed by atoms with E-state index in [1.54, 1.807) is 13.0 Å². The minimum absolute atomic E-state index is 0.192. The summed E-state index contributed by atoms with van der Waals surface area (Å²) < 4.78 is 14.2. The number of hydrogen-bond acceptors (Lipinski definition) is 8. The second-order valence-electron chi connectivity index (χ2n) is 9.51. The quantitative estimate of drug-likeness (QED) is 0.334. The van der Waals surface area contributed by atoms with Crippen LogP contribution in [0.25, 0.3) is 11.6 Å². The SMILES string of the molecule is Cc1cc(F)cc(/C=C2\c3cccc(O)c3C(=O)C3=C(O)C4(O)C(=O)C(C(N)=O)=C(O)CC4C(O)C32)c1. The van der Waals surface area contributed by atoms with Gasteiger partial charge < -0.3 is 31.3 Å². The van der Waals surface area contributed by atoms with Crippen LogP contribution in [0.4, 0.5) is 4.39 Å². The van der Waals surface area contributed by atoms with Crippen LogP contribution in [-0.2, 0) is 9.59 Å². The number of amides is 1. The van der Waals surface area contributed by atoms with E-state index in [-0.39, 0.29) is 16.7 Å². The summed E-state index contributed by atoms with van der Waals surface area (Å²) in [6.45, 7) is 1.67. The van der Waals surface area contributed by atoms with Gasteiger partial charge in [0, 0.05) is 18.3 Å².